The van der Waals surface area contributed by atoms with Gasteiger partial charge in [0.1, 0.15) is 0 Å². The molecule has 2 heterocycles. The van der Waals surface area contributed by atoms with Crippen molar-refractivity contribution in [1.29, 1.82) is 0 Å². The van der Waals surface area contributed by atoms with Gasteiger partial charge >= 0.3 is 0 Å². The predicted octanol–water partition coefficient (Wildman–Crippen LogP) is 0.293. The number of nitrogens with zero attached hydrogens (tertiary/aromatic N) is 4. The maximum Gasteiger partial charge on any atom is 0.216 e. The molecule has 1 aromatic heterocycles. The minimum atomic E-state index is -3.24. The summed E-state index contributed by atoms with van der Waals surface area (Å²) in [5.41, 5.74) is 1.16. The van der Waals surface area contributed by atoms with Gasteiger partial charge in [0.2, 0.25) is 10.0 Å². The molecule has 0 spiro atoms. The predicted molar refractivity (Wildman–Crippen MR) is 84.9 cm³/mol. The molecular formula is C14H26N4O3S. The molecule has 0 unspecified atom stereocenters. The third-order valence-electron chi connectivity index (χ3n) is 3.95. The molecule has 22 heavy (non-hydrogen) atoms. The molecule has 8 heteroatoms. The van der Waals surface area contributed by atoms with Crippen molar-refractivity contribution >= 4 is 10.0 Å². The van der Waals surface area contributed by atoms with E-state index in [2.05, 4.69) is 10.00 Å². The SMILES string of the molecule is CO[C@H](C)CS(=O)(=O)N1CCCN(Cc2cnn(C)c2)CC1. The Morgan fingerprint density at radius 3 is 2.73 bits per heavy atom. The van der Waals surface area contributed by atoms with Gasteiger partial charge in [0.05, 0.1) is 18.1 Å². The van der Waals surface area contributed by atoms with Crippen molar-refractivity contribution in [1.82, 2.24) is 19.0 Å². The van der Waals surface area contributed by atoms with E-state index >= 15 is 0 Å². The lowest BCUT2D eigenvalue weighted by atomic mass is 10.3. The molecule has 1 aliphatic rings. The van der Waals surface area contributed by atoms with Crippen molar-refractivity contribution in [2.24, 2.45) is 7.05 Å². The van der Waals surface area contributed by atoms with E-state index in [1.165, 1.54) is 7.11 Å². The van der Waals surface area contributed by atoms with Crippen molar-refractivity contribution in [2.75, 3.05) is 39.0 Å². The first kappa shape index (κ1) is 17.4. The van der Waals surface area contributed by atoms with Crippen LogP contribution in [0.5, 0.6) is 0 Å². The van der Waals surface area contributed by atoms with E-state index in [9.17, 15) is 8.42 Å². The van der Waals surface area contributed by atoms with E-state index in [0.717, 1.165) is 31.6 Å². The van der Waals surface area contributed by atoms with Gasteiger partial charge in [0, 0.05) is 52.1 Å². The van der Waals surface area contributed by atoms with Gasteiger partial charge in [-0.2, -0.15) is 5.10 Å². The van der Waals surface area contributed by atoms with Crippen LogP contribution in [0.2, 0.25) is 0 Å². The number of rotatable bonds is 6. The van der Waals surface area contributed by atoms with Crippen LogP contribution in [0.1, 0.15) is 18.9 Å². The van der Waals surface area contributed by atoms with Gasteiger partial charge in [-0.05, 0) is 19.9 Å². The highest BCUT2D eigenvalue weighted by Crippen LogP contribution is 2.12. The first-order chi connectivity index (χ1) is 10.4. The fourth-order valence-corrected chi connectivity index (χ4v) is 4.37. The molecule has 1 saturated heterocycles. The molecule has 0 aromatic carbocycles. The number of hydrogen-bond donors (Lipinski definition) is 0. The number of aryl methyl sites for hydroxylation is 1. The number of hydrogen-bond acceptors (Lipinski definition) is 5. The highest BCUT2D eigenvalue weighted by atomic mass is 32.2. The summed E-state index contributed by atoms with van der Waals surface area (Å²) in [5, 5.41) is 4.17. The minimum Gasteiger partial charge on any atom is -0.381 e. The van der Waals surface area contributed by atoms with Gasteiger partial charge in [-0.3, -0.25) is 9.58 Å². The molecule has 1 aromatic rings. The summed E-state index contributed by atoms with van der Waals surface area (Å²) in [7, 11) is 0.195. The molecule has 1 atom stereocenters. The first-order valence-corrected chi connectivity index (χ1v) is 9.22. The number of methoxy groups -OCH3 is 1. The molecule has 1 aliphatic heterocycles. The fraction of sp³-hybridized carbons (Fsp3) is 0.786. The summed E-state index contributed by atoms with van der Waals surface area (Å²) in [6.45, 7) is 5.37. The topological polar surface area (TPSA) is 67.7 Å². The highest BCUT2D eigenvalue weighted by Gasteiger charge is 2.26. The van der Waals surface area contributed by atoms with Gasteiger partial charge < -0.3 is 4.74 Å². The van der Waals surface area contributed by atoms with Crippen LogP contribution in [0, 0.1) is 0 Å². The van der Waals surface area contributed by atoms with Gasteiger partial charge in [-0.1, -0.05) is 0 Å². The summed E-state index contributed by atoms with van der Waals surface area (Å²) in [6, 6.07) is 0. The van der Waals surface area contributed by atoms with Crippen LogP contribution in [0.15, 0.2) is 12.4 Å². The maximum absolute atomic E-state index is 12.4. The smallest absolute Gasteiger partial charge is 0.216 e. The third-order valence-corrected chi connectivity index (χ3v) is 6.00. The van der Waals surface area contributed by atoms with E-state index in [1.807, 2.05) is 19.4 Å². The minimum absolute atomic E-state index is 0.0477. The summed E-state index contributed by atoms with van der Waals surface area (Å²) in [6.07, 6.45) is 4.43. The van der Waals surface area contributed by atoms with Gasteiger partial charge in [0.25, 0.3) is 0 Å². The van der Waals surface area contributed by atoms with Crippen LogP contribution < -0.4 is 0 Å². The van der Waals surface area contributed by atoms with Gasteiger partial charge in [-0.25, -0.2) is 12.7 Å². The lowest BCUT2D eigenvalue weighted by Crippen LogP contribution is -2.39. The van der Waals surface area contributed by atoms with Crippen LogP contribution in [0.25, 0.3) is 0 Å². The van der Waals surface area contributed by atoms with Gasteiger partial charge in [-0.15, -0.1) is 0 Å². The monoisotopic (exact) mass is 330 g/mol. The average Bonchev–Trinajstić information content (AvgIpc) is 2.72. The Bertz CT molecular complexity index is 572. The first-order valence-electron chi connectivity index (χ1n) is 7.61. The Morgan fingerprint density at radius 2 is 2.09 bits per heavy atom. The van der Waals surface area contributed by atoms with Crippen molar-refractivity contribution in [3.05, 3.63) is 18.0 Å². The Morgan fingerprint density at radius 1 is 1.32 bits per heavy atom. The van der Waals surface area contributed by atoms with Gasteiger partial charge in [0.15, 0.2) is 0 Å². The highest BCUT2D eigenvalue weighted by molar-refractivity contribution is 7.89. The second kappa shape index (κ2) is 7.54. The van der Waals surface area contributed by atoms with Crippen LogP contribution in [0.4, 0.5) is 0 Å². The van der Waals surface area contributed by atoms with E-state index in [0.29, 0.717) is 13.1 Å². The Kier molecular flexibility index (Phi) is 5.96. The zero-order valence-corrected chi connectivity index (χ0v) is 14.4. The van der Waals surface area contributed by atoms with E-state index in [1.54, 1.807) is 15.9 Å². The molecule has 2 rings (SSSR count). The molecule has 0 bridgehead atoms. The quantitative estimate of drug-likeness (QED) is 0.750. The molecular weight excluding hydrogens is 304 g/mol. The summed E-state index contributed by atoms with van der Waals surface area (Å²) in [5.74, 6) is 0.0477. The fourth-order valence-electron chi connectivity index (χ4n) is 2.67. The lowest BCUT2D eigenvalue weighted by Gasteiger charge is -2.22. The van der Waals surface area contributed by atoms with Crippen LogP contribution in [-0.4, -0.2) is 72.5 Å². The molecule has 0 saturated carbocycles. The molecule has 1 fully saturated rings. The molecule has 0 radical (unpaired) electrons. The second-order valence-electron chi connectivity index (χ2n) is 5.88. The summed E-state index contributed by atoms with van der Waals surface area (Å²) in [4.78, 5) is 2.28. The average molecular weight is 330 g/mol. The Balaban J connectivity index is 1.91. The van der Waals surface area contributed by atoms with Crippen molar-refractivity contribution in [2.45, 2.75) is 26.0 Å². The second-order valence-corrected chi connectivity index (χ2v) is 7.89. The van der Waals surface area contributed by atoms with E-state index in [-0.39, 0.29) is 11.9 Å². The summed E-state index contributed by atoms with van der Waals surface area (Å²) < 4.78 is 33.3. The number of ether oxygens (including phenoxy) is 1. The third kappa shape index (κ3) is 4.77. The van der Waals surface area contributed by atoms with E-state index in [4.69, 9.17) is 4.74 Å². The van der Waals surface area contributed by atoms with Crippen LogP contribution >= 0.6 is 0 Å². The standard InChI is InChI=1S/C14H26N4O3S/c1-13(21-3)12-22(19,20)18-6-4-5-17(7-8-18)11-14-9-15-16(2)10-14/h9-10,13H,4-8,11-12H2,1-3H3/t13-/m1/s1. The van der Waals surface area contributed by atoms with Crippen molar-refractivity contribution < 1.29 is 13.2 Å². The zero-order chi connectivity index (χ0) is 16.2. The van der Waals surface area contributed by atoms with Crippen LogP contribution in [-0.2, 0) is 28.4 Å². The van der Waals surface area contributed by atoms with E-state index < -0.39 is 10.0 Å². The lowest BCUT2D eigenvalue weighted by molar-refractivity contribution is 0.135. The number of aromatic nitrogens is 2. The molecule has 0 N–H and O–H groups in total. The Labute approximate surface area is 132 Å². The number of sulfonamides is 1. The molecule has 7 nitrogen and oxygen atoms in total. The normalized spacial score (nSPS) is 20.0. The summed E-state index contributed by atoms with van der Waals surface area (Å²) >= 11 is 0. The maximum atomic E-state index is 12.4. The molecule has 0 amide bonds. The Hall–Kier alpha value is -0.960. The zero-order valence-electron chi connectivity index (χ0n) is 13.6. The van der Waals surface area contributed by atoms with Crippen LogP contribution in [0.3, 0.4) is 0 Å². The van der Waals surface area contributed by atoms with Crippen molar-refractivity contribution in [3.63, 3.8) is 0 Å². The van der Waals surface area contributed by atoms with Crippen molar-refractivity contribution in [3.8, 4) is 0 Å². The largest absolute Gasteiger partial charge is 0.381 e. The molecule has 126 valence electrons. The molecule has 0 aliphatic carbocycles.